The lowest BCUT2D eigenvalue weighted by atomic mass is 10.0. The van der Waals surface area contributed by atoms with Gasteiger partial charge in [-0.3, -0.25) is 23.3 Å². The molecule has 0 radical (unpaired) electrons. The standard InChI is InChI=1S/C9H10N4O3.C8H19NO/c1-5(14)13-4-10-7-6(13)8(15)12(3)9(16)11(7)2;1-7(9)5-4-6-8(2,3)10/h4H,1-3H3;7,10H,4-6,9H2,1-3H3. The summed E-state index contributed by atoms with van der Waals surface area (Å²) in [7, 11) is 2.86. The van der Waals surface area contributed by atoms with E-state index in [-0.39, 0.29) is 23.1 Å². The van der Waals surface area contributed by atoms with Crippen molar-refractivity contribution in [3.05, 3.63) is 27.2 Å². The molecule has 0 aliphatic carbocycles. The number of aromatic nitrogens is 4. The van der Waals surface area contributed by atoms with Gasteiger partial charge in [-0.15, -0.1) is 0 Å². The zero-order chi connectivity index (χ0) is 20.2. The Hall–Kier alpha value is -2.26. The first kappa shape index (κ1) is 21.8. The molecule has 1 unspecified atom stereocenters. The van der Waals surface area contributed by atoms with Crippen LogP contribution < -0.4 is 17.0 Å². The molecule has 0 saturated heterocycles. The van der Waals surface area contributed by atoms with Crippen LogP contribution in [-0.4, -0.2) is 41.3 Å². The van der Waals surface area contributed by atoms with E-state index in [0.717, 1.165) is 28.4 Å². The van der Waals surface area contributed by atoms with E-state index in [1.165, 1.54) is 31.9 Å². The Morgan fingerprint density at radius 1 is 1.31 bits per heavy atom. The molecular formula is C17H29N5O4. The zero-order valence-electron chi connectivity index (χ0n) is 16.3. The number of hydrogen-bond donors (Lipinski definition) is 2. The minimum atomic E-state index is -0.522. The molecule has 0 spiro atoms. The highest BCUT2D eigenvalue weighted by molar-refractivity contribution is 5.86. The van der Waals surface area contributed by atoms with Crippen LogP contribution in [-0.2, 0) is 14.1 Å². The second-order valence-electron chi connectivity index (χ2n) is 7.19. The van der Waals surface area contributed by atoms with Crippen LogP contribution in [0.4, 0.5) is 0 Å². The van der Waals surface area contributed by atoms with Crippen molar-refractivity contribution in [3.63, 3.8) is 0 Å². The van der Waals surface area contributed by atoms with Crippen molar-refractivity contribution in [1.29, 1.82) is 0 Å². The molecule has 0 amide bonds. The summed E-state index contributed by atoms with van der Waals surface area (Å²) >= 11 is 0. The van der Waals surface area contributed by atoms with Crippen LogP contribution in [0.3, 0.4) is 0 Å². The lowest BCUT2D eigenvalue weighted by molar-refractivity contribution is 0.0678. The maximum Gasteiger partial charge on any atom is 0.332 e. The highest BCUT2D eigenvalue weighted by Gasteiger charge is 2.15. The molecule has 0 aliphatic heterocycles. The van der Waals surface area contributed by atoms with Crippen LogP contribution in [0.25, 0.3) is 11.2 Å². The van der Waals surface area contributed by atoms with Crippen molar-refractivity contribution in [2.75, 3.05) is 0 Å². The Morgan fingerprint density at radius 3 is 2.35 bits per heavy atom. The van der Waals surface area contributed by atoms with Crippen LogP contribution in [0, 0.1) is 0 Å². The van der Waals surface area contributed by atoms with Crippen molar-refractivity contribution in [2.45, 2.75) is 58.6 Å². The number of carbonyl (C=O) groups excluding carboxylic acids is 1. The zero-order valence-corrected chi connectivity index (χ0v) is 16.3. The summed E-state index contributed by atoms with van der Waals surface area (Å²) in [5, 5.41) is 9.29. The Balaban J connectivity index is 0.000000294. The maximum absolute atomic E-state index is 11.8. The largest absolute Gasteiger partial charge is 0.390 e. The first-order chi connectivity index (χ1) is 11.9. The highest BCUT2D eigenvalue weighted by atomic mass is 16.3. The summed E-state index contributed by atoms with van der Waals surface area (Å²) in [5.41, 5.74) is 4.37. The van der Waals surface area contributed by atoms with Crippen molar-refractivity contribution in [1.82, 2.24) is 18.7 Å². The second-order valence-corrected chi connectivity index (χ2v) is 7.19. The number of nitrogens with two attached hydrogens (primary N) is 1. The SMILES string of the molecule is CC(=O)n1cnc2c1c(=O)n(C)c(=O)n2C.CC(N)CCCC(C)(C)O. The monoisotopic (exact) mass is 367 g/mol. The van der Waals surface area contributed by atoms with E-state index in [9.17, 15) is 19.5 Å². The number of aryl methyl sites for hydroxylation is 1. The van der Waals surface area contributed by atoms with Crippen molar-refractivity contribution in [3.8, 4) is 0 Å². The van der Waals surface area contributed by atoms with Gasteiger partial charge >= 0.3 is 5.69 Å². The Kier molecular flexibility index (Phi) is 7.05. The molecule has 1 atom stereocenters. The Bertz CT molecular complexity index is 883. The number of carbonyl (C=O) groups is 1. The Labute approximate surface area is 152 Å². The molecule has 2 aromatic heterocycles. The van der Waals surface area contributed by atoms with E-state index in [1.807, 2.05) is 20.8 Å². The molecule has 0 aliphatic rings. The van der Waals surface area contributed by atoms with Crippen LogP contribution in [0.15, 0.2) is 15.9 Å². The molecule has 2 rings (SSSR count). The average Bonchev–Trinajstić information content (AvgIpc) is 2.95. The van der Waals surface area contributed by atoms with Gasteiger partial charge in [0.25, 0.3) is 5.56 Å². The molecule has 3 N–H and O–H groups in total. The smallest absolute Gasteiger partial charge is 0.332 e. The second kappa shape index (κ2) is 8.41. The van der Waals surface area contributed by atoms with Crippen LogP contribution >= 0.6 is 0 Å². The van der Waals surface area contributed by atoms with Gasteiger partial charge in [0.2, 0.25) is 5.91 Å². The number of fused-ring (bicyclic) bond motifs is 1. The van der Waals surface area contributed by atoms with Crippen molar-refractivity contribution < 1.29 is 9.90 Å². The predicted molar refractivity (Wildman–Crippen MR) is 100 cm³/mol. The molecule has 0 aromatic carbocycles. The number of aliphatic hydroxyl groups is 1. The third-order valence-corrected chi connectivity index (χ3v) is 3.93. The minimum absolute atomic E-state index is 0.122. The predicted octanol–water partition coefficient (Wildman–Crippen LogP) is 0.369. The van der Waals surface area contributed by atoms with E-state index in [1.54, 1.807) is 0 Å². The minimum Gasteiger partial charge on any atom is -0.390 e. The third kappa shape index (κ3) is 5.37. The fourth-order valence-corrected chi connectivity index (χ4v) is 2.44. The van der Waals surface area contributed by atoms with Gasteiger partial charge in [-0.25, -0.2) is 9.78 Å². The summed E-state index contributed by atoms with van der Waals surface area (Å²) < 4.78 is 3.32. The average molecular weight is 367 g/mol. The Morgan fingerprint density at radius 2 is 1.88 bits per heavy atom. The fourth-order valence-electron chi connectivity index (χ4n) is 2.44. The lowest BCUT2D eigenvalue weighted by Gasteiger charge is -2.16. The summed E-state index contributed by atoms with van der Waals surface area (Å²) in [6.45, 7) is 6.97. The van der Waals surface area contributed by atoms with Gasteiger partial charge in [0.05, 0.1) is 5.60 Å². The summed E-state index contributed by atoms with van der Waals surface area (Å²) in [5.74, 6) is -0.321. The fraction of sp³-hybridized carbons (Fsp3) is 0.647. The van der Waals surface area contributed by atoms with Gasteiger partial charge < -0.3 is 10.8 Å². The molecular weight excluding hydrogens is 338 g/mol. The van der Waals surface area contributed by atoms with E-state index in [2.05, 4.69) is 4.98 Å². The van der Waals surface area contributed by atoms with Crippen molar-refractivity contribution in [2.24, 2.45) is 19.8 Å². The first-order valence-electron chi connectivity index (χ1n) is 8.48. The van der Waals surface area contributed by atoms with Gasteiger partial charge in [0.1, 0.15) is 6.33 Å². The van der Waals surface area contributed by atoms with Gasteiger partial charge in [-0.1, -0.05) is 0 Å². The van der Waals surface area contributed by atoms with Gasteiger partial charge in [0.15, 0.2) is 11.2 Å². The van der Waals surface area contributed by atoms with Gasteiger partial charge in [0, 0.05) is 27.1 Å². The van der Waals surface area contributed by atoms with Gasteiger partial charge in [-0.2, -0.15) is 0 Å². The highest BCUT2D eigenvalue weighted by Crippen LogP contribution is 2.12. The molecule has 0 bridgehead atoms. The number of hydrogen-bond acceptors (Lipinski definition) is 6. The van der Waals surface area contributed by atoms with E-state index < -0.39 is 16.9 Å². The molecule has 0 fully saturated rings. The number of imidazole rings is 1. The summed E-state index contributed by atoms with van der Waals surface area (Å²) in [6, 6.07) is 0.266. The van der Waals surface area contributed by atoms with Crippen molar-refractivity contribution >= 4 is 17.1 Å². The normalized spacial score (nSPS) is 12.6. The third-order valence-electron chi connectivity index (χ3n) is 3.93. The van der Waals surface area contributed by atoms with Gasteiger partial charge in [-0.05, 0) is 40.0 Å². The summed E-state index contributed by atoms with van der Waals surface area (Å²) in [6.07, 6.45) is 4.10. The van der Waals surface area contributed by atoms with E-state index in [0.29, 0.717) is 0 Å². The van der Waals surface area contributed by atoms with Crippen LogP contribution in [0.2, 0.25) is 0 Å². The number of rotatable bonds is 4. The molecule has 9 nitrogen and oxygen atoms in total. The van der Waals surface area contributed by atoms with Crippen LogP contribution in [0.5, 0.6) is 0 Å². The molecule has 0 saturated carbocycles. The topological polar surface area (TPSA) is 125 Å². The van der Waals surface area contributed by atoms with Crippen LogP contribution in [0.1, 0.15) is 51.8 Å². The lowest BCUT2D eigenvalue weighted by Crippen LogP contribution is -2.37. The molecule has 2 aromatic rings. The maximum atomic E-state index is 11.8. The number of nitrogens with zero attached hydrogens (tertiary/aromatic N) is 4. The first-order valence-corrected chi connectivity index (χ1v) is 8.48. The molecule has 26 heavy (non-hydrogen) atoms. The quantitative estimate of drug-likeness (QED) is 0.804. The molecule has 2 heterocycles. The van der Waals surface area contributed by atoms with E-state index in [4.69, 9.17) is 5.73 Å². The van der Waals surface area contributed by atoms with E-state index >= 15 is 0 Å². The molecule has 146 valence electrons. The summed E-state index contributed by atoms with van der Waals surface area (Å²) in [4.78, 5) is 38.6. The molecule has 9 heteroatoms.